The maximum atomic E-state index is 13.5. The fourth-order valence-electron chi connectivity index (χ4n) is 1.56. The van der Waals surface area contributed by atoms with Gasteiger partial charge in [0.1, 0.15) is 11.9 Å². The van der Waals surface area contributed by atoms with Crippen LogP contribution in [0.5, 0.6) is 0 Å². The maximum absolute atomic E-state index is 13.5. The molecule has 1 rings (SSSR count). The normalized spacial score (nSPS) is 12.4. The number of hydrogen-bond donors (Lipinski definition) is 2. The standard InChI is InChI=1S/C14H20BrFN2O/c1-8(2)7-17-14(19)10(4)18-13-6-12(16)11(15)5-9(13)3/h5-6,8,10,18H,7H2,1-4H3,(H,17,19). The van der Waals surface area contributed by atoms with Crippen molar-refractivity contribution in [3.8, 4) is 0 Å². The average molecular weight is 331 g/mol. The van der Waals surface area contributed by atoms with Crippen molar-refractivity contribution in [2.24, 2.45) is 5.92 Å². The van der Waals surface area contributed by atoms with Crippen LogP contribution < -0.4 is 10.6 Å². The molecule has 0 heterocycles. The summed E-state index contributed by atoms with van der Waals surface area (Å²) in [7, 11) is 0. The van der Waals surface area contributed by atoms with Gasteiger partial charge < -0.3 is 10.6 Å². The quantitative estimate of drug-likeness (QED) is 0.867. The molecule has 0 fully saturated rings. The second kappa shape index (κ2) is 6.89. The third-order valence-corrected chi connectivity index (χ3v) is 3.32. The lowest BCUT2D eigenvalue weighted by Crippen LogP contribution is -2.39. The highest BCUT2D eigenvalue weighted by Gasteiger charge is 2.14. The molecule has 1 amide bonds. The molecule has 1 atom stereocenters. The van der Waals surface area contributed by atoms with Gasteiger partial charge in [-0.25, -0.2) is 4.39 Å². The Hall–Kier alpha value is -1.10. The van der Waals surface area contributed by atoms with Crippen LogP contribution in [0.4, 0.5) is 10.1 Å². The second-order valence-corrected chi connectivity index (χ2v) is 5.94. The molecule has 0 saturated heterocycles. The summed E-state index contributed by atoms with van der Waals surface area (Å²) in [6.07, 6.45) is 0. The summed E-state index contributed by atoms with van der Waals surface area (Å²) >= 11 is 3.13. The topological polar surface area (TPSA) is 41.1 Å². The van der Waals surface area contributed by atoms with E-state index in [0.717, 1.165) is 5.56 Å². The predicted octanol–water partition coefficient (Wildman–Crippen LogP) is 3.47. The molecule has 0 saturated carbocycles. The molecule has 0 aliphatic rings. The fraction of sp³-hybridized carbons (Fsp3) is 0.500. The molecular weight excluding hydrogens is 311 g/mol. The Balaban J connectivity index is 2.69. The van der Waals surface area contributed by atoms with Crippen molar-refractivity contribution in [3.63, 3.8) is 0 Å². The van der Waals surface area contributed by atoms with Crippen LogP contribution in [-0.4, -0.2) is 18.5 Å². The van der Waals surface area contributed by atoms with Gasteiger partial charge in [-0.3, -0.25) is 4.79 Å². The van der Waals surface area contributed by atoms with Crippen LogP contribution in [0.2, 0.25) is 0 Å². The summed E-state index contributed by atoms with van der Waals surface area (Å²) in [4.78, 5) is 11.8. The predicted molar refractivity (Wildman–Crippen MR) is 79.8 cm³/mol. The zero-order valence-corrected chi connectivity index (χ0v) is 13.3. The number of amides is 1. The van der Waals surface area contributed by atoms with E-state index in [-0.39, 0.29) is 11.7 Å². The monoisotopic (exact) mass is 330 g/mol. The van der Waals surface area contributed by atoms with Crippen molar-refractivity contribution in [1.29, 1.82) is 0 Å². The molecule has 1 unspecified atom stereocenters. The van der Waals surface area contributed by atoms with E-state index < -0.39 is 6.04 Å². The van der Waals surface area contributed by atoms with Gasteiger partial charge >= 0.3 is 0 Å². The highest BCUT2D eigenvalue weighted by atomic mass is 79.9. The van der Waals surface area contributed by atoms with Crippen molar-refractivity contribution in [3.05, 3.63) is 28.0 Å². The Bertz CT molecular complexity index is 463. The van der Waals surface area contributed by atoms with Crippen LogP contribution in [0, 0.1) is 18.7 Å². The molecule has 0 aliphatic heterocycles. The number of anilines is 1. The minimum Gasteiger partial charge on any atom is -0.374 e. The molecule has 0 aliphatic carbocycles. The molecule has 3 nitrogen and oxygen atoms in total. The van der Waals surface area contributed by atoms with E-state index in [1.807, 2.05) is 20.8 Å². The third-order valence-electron chi connectivity index (χ3n) is 2.72. The molecule has 1 aromatic rings. The Morgan fingerprint density at radius 3 is 2.58 bits per heavy atom. The molecule has 0 bridgehead atoms. The molecule has 5 heteroatoms. The number of carbonyl (C=O) groups excluding carboxylic acids is 1. The van der Waals surface area contributed by atoms with Gasteiger partial charge in [-0.15, -0.1) is 0 Å². The summed E-state index contributed by atoms with van der Waals surface area (Å²) in [5.74, 6) is -0.0256. The number of nitrogens with one attached hydrogen (secondary N) is 2. The Morgan fingerprint density at radius 2 is 2.00 bits per heavy atom. The zero-order valence-electron chi connectivity index (χ0n) is 11.7. The van der Waals surface area contributed by atoms with Gasteiger partial charge in [-0.05, 0) is 53.4 Å². The van der Waals surface area contributed by atoms with E-state index in [9.17, 15) is 9.18 Å². The van der Waals surface area contributed by atoms with Crippen molar-refractivity contribution in [2.75, 3.05) is 11.9 Å². The van der Waals surface area contributed by atoms with Crippen molar-refractivity contribution < 1.29 is 9.18 Å². The SMILES string of the molecule is Cc1cc(Br)c(F)cc1NC(C)C(=O)NCC(C)C. The van der Waals surface area contributed by atoms with E-state index in [1.54, 1.807) is 13.0 Å². The third kappa shape index (κ3) is 4.82. The highest BCUT2D eigenvalue weighted by Crippen LogP contribution is 2.24. The summed E-state index contributed by atoms with van der Waals surface area (Å²) < 4.78 is 13.9. The van der Waals surface area contributed by atoms with Crippen LogP contribution in [-0.2, 0) is 4.79 Å². The van der Waals surface area contributed by atoms with Gasteiger partial charge in [-0.1, -0.05) is 13.8 Å². The van der Waals surface area contributed by atoms with Gasteiger partial charge in [0.2, 0.25) is 5.91 Å². The van der Waals surface area contributed by atoms with Crippen LogP contribution in [0.15, 0.2) is 16.6 Å². The number of carbonyl (C=O) groups is 1. The van der Waals surface area contributed by atoms with Gasteiger partial charge in [0.05, 0.1) is 4.47 Å². The fourth-order valence-corrected chi connectivity index (χ4v) is 2.02. The van der Waals surface area contributed by atoms with Gasteiger partial charge in [0, 0.05) is 12.2 Å². The average Bonchev–Trinajstić information content (AvgIpc) is 2.32. The van der Waals surface area contributed by atoms with E-state index in [2.05, 4.69) is 26.6 Å². The van der Waals surface area contributed by atoms with Gasteiger partial charge in [0.25, 0.3) is 0 Å². The molecule has 2 N–H and O–H groups in total. The molecule has 0 aromatic heterocycles. The molecule has 0 radical (unpaired) electrons. The Kier molecular flexibility index (Phi) is 5.79. The van der Waals surface area contributed by atoms with E-state index in [4.69, 9.17) is 0 Å². The maximum Gasteiger partial charge on any atom is 0.242 e. The summed E-state index contributed by atoms with van der Waals surface area (Å²) in [6, 6.07) is 2.68. The molecule has 1 aromatic carbocycles. The Morgan fingerprint density at radius 1 is 1.37 bits per heavy atom. The van der Waals surface area contributed by atoms with E-state index in [1.165, 1.54) is 6.07 Å². The number of halogens is 2. The number of rotatable bonds is 5. The molecule has 19 heavy (non-hydrogen) atoms. The minimum atomic E-state index is -0.405. The summed E-state index contributed by atoms with van der Waals surface area (Å²) in [5.41, 5.74) is 1.52. The van der Waals surface area contributed by atoms with Gasteiger partial charge in [-0.2, -0.15) is 0 Å². The van der Waals surface area contributed by atoms with Crippen molar-refractivity contribution >= 4 is 27.5 Å². The van der Waals surface area contributed by atoms with Crippen molar-refractivity contribution in [1.82, 2.24) is 5.32 Å². The first-order valence-electron chi connectivity index (χ1n) is 6.31. The molecular formula is C14H20BrFN2O. The van der Waals surface area contributed by atoms with Crippen LogP contribution >= 0.6 is 15.9 Å². The van der Waals surface area contributed by atoms with Crippen LogP contribution in [0.25, 0.3) is 0 Å². The number of benzene rings is 1. The first-order chi connectivity index (χ1) is 8.81. The minimum absolute atomic E-state index is 0.0866. The van der Waals surface area contributed by atoms with Crippen LogP contribution in [0.1, 0.15) is 26.3 Å². The van der Waals surface area contributed by atoms with Crippen LogP contribution in [0.3, 0.4) is 0 Å². The molecule has 0 spiro atoms. The number of hydrogen-bond acceptors (Lipinski definition) is 2. The Labute approximate surface area is 122 Å². The smallest absolute Gasteiger partial charge is 0.242 e. The lowest BCUT2D eigenvalue weighted by Gasteiger charge is -2.18. The first-order valence-corrected chi connectivity index (χ1v) is 7.10. The molecule has 106 valence electrons. The number of aryl methyl sites for hydroxylation is 1. The lowest BCUT2D eigenvalue weighted by molar-refractivity contribution is -0.121. The highest BCUT2D eigenvalue weighted by molar-refractivity contribution is 9.10. The van der Waals surface area contributed by atoms with E-state index in [0.29, 0.717) is 22.6 Å². The zero-order chi connectivity index (χ0) is 14.6. The summed E-state index contributed by atoms with van der Waals surface area (Å²) in [5, 5.41) is 5.87. The van der Waals surface area contributed by atoms with Gasteiger partial charge in [0.15, 0.2) is 0 Å². The first kappa shape index (κ1) is 16.0. The van der Waals surface area contributed by atoms with Crippen molar-refractivity contribution in [2.45, 2.75) is 33.7 Å². The largest absolute Gasteiger partial charge is 0.374 e. The summed E-state index contributed by atoms with van der Waals surface area (Å²) in [6.45, 7) is 8.33. The lowest BCUT2D eigenvalue weighted by atomic mass is 10.1. The van der Waals surface area contributed by atoms with E-state index >= 15 is 0 Å². The second-order valence-electron chi connectivity index (χ2n) is 5.09.